The van der Waals surface area contributed by atoms with Gasteiger partial charge in [-0.3, -0.25) is 5.73 Å². The van der Waals surface area contributed by atoms with Gasteiger partial charge in [-0.05, 0) is 101 Å². The molecule has 0 aromatic rings. The molecular weight excluding hydrogens is 626 g/mol. The fourth-order valence-electron chi connectivity index (χ4n) is 10.5. The first-order chi connectivity index (χ1) is 24.2. The molecule has 1 aliphatic heterocycles. The number of carbonyl (C=O) groups excluding carboxylic acids is 1. The van der Waals surface area contributed by atoms with Crippen molar-refractivity contribution in [1.29, 1.82) is 0 Å². The fourth-order valence-corrected chi connectivity index (χ4v) is 10.5. The first kappa shape index (κ1) is 41.7. The zero-order valence-electron chi connectivity index (χ0n) is 31.9. The summed E-state index contributed by atoms with van der Waals surface area (Å²) in [6, 6.07) is 0. The van der Waals surface area contributed by atoms with Crippen LogP contribution >= 0.6 is 0 Å². The van der Waals surface area contributed by atoms with Crippen molar-refractivity contribution in [1.82, 2.24) is 0 Å². The summed E-state index contributed by atoms with van der Waals surface area (Å²) in [4.78, 5) is 12.1. The number of nitrogens with two attached hydrogens (primary N) is 3. The standard InChI is InChI=1S/C42H77N3O5/c1-2-3-6-14-32-18-19-34(39(47)26-32)16-9-5-10-17-37(41(48)49)38(46)20-22-42(50)28-35(25-33-21-24-45-40(43)27-33)36(29-42)30-44-23-11-15-31-12-7-4-8-13-31/h18-19,31-40,44-47,50H,2-17,20-30,43H2,1H3,(H,48,49)/p+1. The third-order valence-electron chi connectivity index (χ3n) is 13.5. The highest BCUT2D eigenvalue weighted by molar-refractivity contribution is 5.68. The molecule has 8 heteroatoms. The van der Waals surface area contributed by atoms with Crippen LogP contribution in [0.15, 0.2) is 12.2 Å². The van der Waals surface area contributed by atoms with Crippen molar-refractivity contribution in [3.8, 4) is 0 Å². The van der Waals surface area contributed by atoms with E-state index in [2.05, 4.69) is 29.7 Å². The predicted octanol–water partition coefficient (Wildman–Crippen LogP) is 3.91. The number of unbranched alkanes of at least 4 members (excludes halogenated alkanes) is 4. The van der Waals surface area contributed by atoms with Crippen LogP contribution in [-0.4, -0.2) is 64.9 Å². The van der Waals surface area contributed by atoms with Crippen LogP contribution in [0.3, 0.4) is 0 Å². The molecule has 2 saturated carbocycles. The molecule has 290 valence electrons. The zero-order chi connectivity index (χ0) is 35.8. The molecule has 0 bridgehead atoms. The Kier molecular flexibility index (Phi) is 18.6. The molecule has 0 amide bonds. The van der Waals surface area contributed by atoms with Crippen LogP contribution in [0.5, 0.6) is 0 Å². The Balaban J connectivity index is 1.19. The maximum absolute atomic E-state index is 12.1. The van der Waals surface area contributed by atoms with Gasteiger partial charge in [-0.1, -0.05) is 89.7 Å². The minimum atomic E-state index is -1.18. The molecule has 0 aromatic heterocycles. The third-order valence-corrected chi connectivity index (χ3v) is 13.5. The summed E-state index contributed by atoms with van der Waals surface area (Å²) in [5, 5.41) is 50.5. The average molecular weight is 705 g/mol. The highest BCUT2D eigenvalue weighted by atomic mass is 16.4. The van der Waals surface area contributed by atoms with Crippen LogP contribution in [0, 0.1) is 41.4 Å². The van der Waals surface area contributed by atoms with Crippen molar-refractivity contribution in [3.63, 3.8) is 0 Å². The Labute approximate surface area is 305 Å². The summed E-state index contributed by atoms with van der Waals surface area (Å²) in [7, 11) is 0. The van der Waals surface area contributed by atoms with E-state index in [9.17, 15) is 25.2 Å². The predicted molar refractivity (Wildman–Crippen MR) is 198 cm³/mol. The summed E-state index contributed by atoms with van der Waals surface area (Å²) < 4.78 is 0. The Morgan fingerprint density at radius 2 is 1.72 bits per heavy atom. The van der Waals surface area contributed by atoms with E-state index >= 15 is 0 Å². The van der Waals surface area contributed by atoms with Gasteiger partial charge in [-0.25, -0.2) is 0 Å². The van der Waals surface area contributed by atoms with Gasteiger partial charge in [0, 0.05) is 30.1 Å². The lowest BCUT2D eigenvalue weighted by Crippen LogP contribution is -2.94. The number of aliphatic hydroxyl groups excluding tert-OH is 2. The van der Waals surface area contributed by atoms with Crippen molar-refractivity contribution >= 4 is 5.97 Å². The Morgan fingerprint density at radius 3 is 2.46 bits per heavy atom. The van der Waals surface area contributed by atoms with Gasteiger partial charge in [0.25, 0.3) is 0 Å². The Hall–Kier alpha value is -1.03. The second kappa shape index (κ2) is 22.2. The molecule has 10 unspecified atom stereocenters. The van der Waals surface area contributed by atoms with Crippen molar-refractivity contribution < 1.29 is 35.9 Å². The minimum absolute atomic E-state index is 0.180. The number of carbonyl (C=O) groups is 1. The number of allylic oxidation sites excluding steroid dienone is 1. The van der Waals surface area contributed by atoms with E-state index < -0.39 is 23.6 Å². The first-order valence-corrected chi connectivity index (χ1v) is 21.5. The molecule has 10 atom stereocenters. The van der Waals surface area contributed by atoms with Crippen molar-refractivity contribution in [3.05, 3.63) is 12.2 Å². The summed E-state index contributed by atoms with van der Waals surface area (Å²) >= 11 is 0. The average Bonchev–Trinajstić information content (AvgIpc) is 3.40. The molecule has 0 aromatic carbocycles. The highest BCUT2D eigenvalue weighted by Crippen LogP contribution is 2.45. The molecule has 4 aliphatic rings. The van der Waals surface area contributed by atoms with E-state index in [0.717, 1.165) is 83.3 Å². The number of carboxylic acids is 1. The van der Waals surface area contributed by atoms with Crippen LogP contribution in [0.2, 0.25) is 0 Å². The molecule has 4 rings (SSSR count). The van der Waals surface area contributed by atoms with Crippen molar-refractivity contribution in [2.24, 2.45) is 47.2 Å². The molecule has 0 radical (unpaired) electrons. The maximum Gasteiger partial charge on any atom is 0.137 e. The van der Waals surface area contributed by atoms with Crippen molar-refractivity contribution in [2.45, 2.75) is 185 Å². The van der Waals surface area contributed by atoms with Gasteiger partial charge in [0.05, 0.1) is 37.4 Å². The topological polar surface area (TPSA) is 160 Å². The number of rotatable bonds is 23. The van der Waals surface area contributed by atoms with Gasteiger partial charge >= 0.3 is 0 Å². The number of piperidine rings is 1. The van der Waals surface area contributed by atoms with E-state index in [-0.39, 0.29) is 18.2 Å². The van der Waals surface area contributed by atoms with Gasteiger partial charge < -0.3 is 35.9 Å². The molecule has 50 heavy (non-hydrogen) atoms. The fraction of sp³-hybridized carbons (Fsp3) is 0.929. The van der Waals surface area contributed by atoms with Gasteiger partial charge in [0.1, 0.15) is 6.17 Å². The first-order valence-electron chi connectivity index (χ1n) is 21.5. The lowest BCUT2D eigenvalue weighted by molar-refractivity contribution is -0.699. The number of aliphatic carboxylic acids is 1. The van der Waals surface area contributed by atoms with E-state index in [4.69, 9.17) is 5.73 Å². The second-order valence-electron chi connectivity index (χ2n) is 17.7. The summed E-state index contributed by atoms with van der Waals surface area (Å²) in [6.45, 7) is 5.50. The van der Waals surface area contributed by atoms with Crippen LogP contribution in [0.25, 0.3) is 0 Å². The molecule has 0 spiro atoms. The summed E-state index contributed by atoms with van der Waals surface area (Å²) in [5.41, 5.74) is 5.45. The van der Waals surface area contributed by atoms with Crippen molar-refractivity contribution in [2.75, 3.05) is 19.6 Å². The van der Waals surface area contributed by atoms with E-state index in [1.54, 1.807) is 0 Å². The normalized spacial score (nSPS) is 33.4. The third kappa shape index (κ3) is 14.4. The maximum atomic E-state index is 12.1. The lowest BCUT2D eigenvalue weighted by atomic mass is 9.81. The van der Waals surface area contributed by atoms with Gasteiger partial charge in [0.15, 0.2) is 0 Å². The van der Waals surface area contributed by atoms with E-state index in [1.165, 1.54) is 70.6 Å². The number of hydrogen-bond acceptors (Lipinski definition) is 6. The number of carboxylic acid groups (broad SMARTS) is 1. The van der Waals surface area contributed by atoms with Gasteiger partial charge in [-0.2, -0.15) is 0 Å². The van der Waals surface area contributed by atoms with Crippen LogP contribution in [0.1, 0.15) is 161 Å². The molecule has 3 aliphatic carbocycles. The lowest BCUT2D eigenvalue weighted by Gasteiger charge is -2.30. The second-order valence-corrected chi connectivity index (χ2v) is 17.7. The van der Waals surface area contributed by atoms with E-state index in [1.807, 2.05) is 0 Å². The Bertz CT molecular complexity index is 975. The molecule has 3 fully saturated rings. The zero-order valence-corrected chi connectivity index (χ0v) is 31.9. The molecular formula is C42H78N3O5+. The van der Waals surface area contributed by atoms with Crippen LogP contribution in [0.4, 0.5) is 0 Å². The number of hydrogen-bond donors (Lipinski definition) is 6. The Morgan fingerprint density at radius 1 is 0.940 bits per heavy atom. The SMILES string of the molecule is CCCCCC1C=CC(CCCCCC(C(=O)[O-])C(O)CCC2(O)CC(C[NH2+]CCCC3CCCCC3)C(CC3CC[NH2+]C(N)C3)C2)C(O)C1. The largest absolute Gasteiger partial charge is 0.550 e. The molecule has 9 N–H and O–H groups in total. The molecule has 1 saturated heterocycles. The molecule has 1 heterocycles. The smallest absolute Gasteiger partial charge is 0.137 e. The summed E-state index contributed by atoms with van der Waals surface area (Å²) in [6.07, 6.45) is 28.2. The quantitative estimate of drug-likeness (QED) is 0.0699. The van der Waals surface area contributed by atoms with Gasteiger partial charge in [-0.15, -0.1) is 0 Å². The number of quaternary nitrogens is 2. The highest BCUT2D eigenvalue weighted by Gasteiger charge is 2.45. The van der Waals surface area contributed by atoms with E-state index in [0.29, 0.717) is 49.4 Å². The number of aliphatic hydroxyl groups is 3. The summed E-state index contributed by atoms with van der Waals surface area (Å²) in [5.74, 6) is 1.00. The van der Waals surface area contributed by atoms with Crippen LogP contribution in [-0.2, 0) is 4.79 Å². The van der Waals surface area contributed by atoms with Crippen LogP contribution < -0.4 is 21.5 Å². The molecule has 8 nitrogen and oxygen atoms in total. The minimum Gasteiger partial charge on any atom is -0.550 e. The monoisotopic (exact) mass is 705 g/mol. The van der Waals surface area contributed by atoms with Gasteiger partial charge in [0.2, 0.25) is 0 Å².